The van der Waals surface area contributed by atoms with Crippen molar-refractivity contribution in [1.29, 1.82) is 0 Å². The Morgan fingerprint density at radius 1 is 0.853 bits per heavy atom. The summed E-state index contributed by atoms with van der Waals surface area (Å²) in [6.07, 6.45) is 0. The number of fused-ring (bicyclic) bond motifs is 1. The molecule has 170 valence electrons. The number of para-hydroxylation sites is 2. The van der Waals surface area contributed by atoms with Gasteiger partial charge >= 0.3 is 0 Å². The molecule has 0 aliphatic rings. The number of anilines is 1. The van der Waals surface area contributed by atoms with Crippen LogP contribution in [0.1, 0.15) is 11.1 Å². The molecule has 0 bridgehead atoms. The molecule has 0 atom stereocenters. The number of tetrazole rings is 1. The number of sulfonamides is 1. The molecule has 3 aromatic carbocycles. The maximum atomic E-state index is 13.2. The molecule has 0 saturated carbocycles. The van der Waals surface area contributed by atoms with E-state index in [1.807, 2.05) is 49.4 Å². The average molecular weight is 490 g/mol. The van der Waals surface area contributed by atoms with Gasteiger partial charge in [0.15, 0.2) is 5.82 Å². The van der Waals surface area contributed by atoms with Gasteiger partial charge in [-0.25, -0.2) is 18.4 Å². The van der Waals surface area contributed by atoms with Gasteiger partial charge in [-0.05, 0) is 71.9 Å². The predicted octanol–water partition coefficient (Wildman–Crippen LogP) is 4.17. The van der Waals surface area contributed by atoms with E-state index >= 15 is 0 Å². The normalized spacial score (nSPS) is 11.6. The maximum Gasteiger partial charge on any atom is 0.263 e. The summed E-state index contributed by atoms with van der Waals surface area (Å²) >= 11 is 1.13. The molecule has 2 heterocycles. The van der Waals surface area contributed by atoms with Crippen molar-refractivity contribution >= 4 is 38.6 Å². The van der Waals surface area contributed by atoms with Crippen LogP contribution in [0.3, 0.4) is 0 Å². The van der Waals surface area contributed by atoms with Gasteiger partial charge in [0.2, 0.25) is 5.16 Å². The van der Waals surface area contributed by atoms with Crippen LogP contribution in [0.25, 0.3) is 16.7 Å². The van der Waals surface area contributed by atoms with E-state index in [4.69, 9.17) is 0 Å². The largest absolute Gasteiger partial charge is 0.263 e. The molecule has 0 aliphatic carbocycles. The van der Waals surface area contributed by atoms with Crippen LogP contribution in [0, 0.1) is 13.8 Å². The van der Waals surface area contributed by atoms with Crippen LogP contribution < -0.4 is 4.72 Å². The minimum Gasteiger partial charge on any atom is -0.261 e. The molecule has 5 aromatic rings. The summed E-state index contributed by atoms with van der Waals surface area (Å²) in [5, 5.41) is 12.8. The predicted molar refractivity (Wildman–Crippen MR) is 130 cm³/mol. The SMILES string of the molecule is Cc1ccc(-n2nnnc2Sc2nc3ccccc3nc2NS(=O)(=O)c2ccccc2C)cc1. The van der Waals surface area contributed by atoms with E-state index in [9.17, 15) is 8.42 Å². The third-order valence-corrected chi connectivity index (χ3v) is 7.47. The molecular weight excluding hydrogens is 470 g/mol. The number of aromatic nitrogens is 6. The van der Waals surface area contributed by atoms with E-state index < -0.39 is 10.0 Å². The van der Waals surface area contributed by atoms with Crippen molar-refractivity contribution in [1.82, 2.24) is 30.2 Å². The molecule has 34 heavy (non-hydrogen) atoms. The Labute approximate surface area is 200 Å². The molecular formula is C23H19N7O2S2. The fraction of sp³-hybridized carbons (Fsp3) is 0.0870. The first-order valence-electron chi connectivity index (χ1n) is 10.3. The van der Waals surface area contributed by atoms with E-state index in [0.717, 1.165) is 23.0 Å². The van der Waals surface area contributed by atoms with Crippen molar-refractivity contribution in [3.05, 3.63) is 83.9 Å². The lowest BCUT2D eigenvalue weighted by Crippen LogP contribution is -2.16. The summed E-state index contributed by atoms with van der Waals surface area (Å²) in [4.78, 5) is 9.39. The van der Waals surface area contributed by atoms with Gasteiger partial charge in [-0.1, -0.05) is 48.0 Å². The highest BCUT2D eigenvalue weighted by molar-refractivity contribution is 7.99. The number of rotatable bonds is 6. The van der Waals surface area contributed by atoms with Gasteiger partial charge in [0.1, 0.15) is 5.03 Å². The smallest absolute Gasteiger partial charge is 0.261 e. The second kappa shape index (κ2) is 8.84. The molecule has 0 saturated heterocycles. The highest BCUT2D eigenvalue weighted by Crippen LogP contribution is 2.33. The minimum atomic E-state index is -3.91. The van der Waals surface area contributed by atoms with Crippen LogP contribution in [-0.4, -0.2) is 38.6 Å². The Kier molecular flexibility index (Phi) is 5.72. The van der Waals surface area contributed by atoms with Crippen LogP contribution in [0.4, 0.5) is 5.82 Å². The van der Waals surface area contributed by atoms with Gasteiger partial charge in [-0.2, -0.15) is 4.68 Å². The molecule has 1 N–H and O–H groups in total. The summed E-state index contributed by atoms with van der Waals surface area (Å²) < 4.78 is 30.6. The number of hydrogen-bond acceptors (Lipinski definition) is 8. The number of benzene rings is 3. The summed E-state index contributed by atoms with van der Waals surface area (Å²) in [6.45, 7) is 3.74. The monoisotopic (exact) mass is 489 g/mol. The van der Waals surface area contributed by atoms with E-state index in [2.05, 4.69) is 30.2 Å². The second-order valence-corrected chi connectivity index (χ2v) is 10.2. The van der Waals surface area contributed by atoms with Crippen molar-refractivity contribution in [3.8, 4) is 5.69 Å². The van der Waals surface area contributed by atoms with Crippen LogP contribution in [-0.2, 0) is 10.0 Å². The maximum absolute atomic E-state index is 13.2. The summed E-state index contributed by atoms with van der Waals surface area (Å²) in [6, 6.07) is 21.8. The second-order valence-electron chi connectivity index (χ2n) is 7.55. The van der Waals surface area contributed by atoms with Crippen molar-refractivity contribution in [2.75, 3.05) is 4.72 Å². The number of nitrogens with zero attached hydrogens (tertiary/aromatic N) is 6. The molecule has 0 fully saturated rings. The molecule has 0 amide bonds. The van der Waals surface area contributed by atoms with Crippen LogP contribution in [0.15, 0.2) is 87.9 Å². The van der Waals surface area contributed by atoms with Crippen LogP contribution >= 0.6 is 11.8 Å². The molecule has 0 radical (unpaired) electrons. The van der Waals surface area contributed by atoms with E-state index in [-0.39, 0.29) is 10.7 Å². The molecule has 5 rings (SSSR count). The summed E-state index contributed by atoms with van der Waals surface area (Å²) in [5.74, 6) is 0.102. The van der Waals surface area contributed by atoms with Gasteiger partial charge in [0.05, 0.1) is 21.6 Å². The molecule has 0 unspecified atom stereocenters. The van der Waals surface area contributed by atoms with E-state index in [0.29, 0.717) is 26.8 Å². The molecule has 11 heteroatoms. The summed E-state index contributed by atoms with van der Waals surface area (Å²) in [5.41, 5.74) is 3.69. The Bertz CT molecular complexity index is 1600. The third-order valence-electron chi connectivity index (χ3n) is 5.06. The topological polar surface area (TPSA) is 116 Å². The van der Waals surface area contributed by atoms with E-state index in [1.54, 1.807) is 41.9 Å². The fourth-order valence-corrected chi connectivity index (χ4v) is 5.48. The standard InChI is InChI=1S/C23H19N7O2S2/c1-15-11-13-17(14-12-15)30-23(26-28-29-30)33-22-21(24-18-8-4-5-9-19(18)25-22)27-34(31,32)20-10-6-3-7-16(20)2/h3-14H,1-2H3,(H,24,27). The van der Waals surface area contributed by atoms with Crippen LogP contribution in [0.2, 0.25) is 0 Å². The van der Waals surface area contributed by atoms with Crippen molar-refractivity contribution in [2.24, 2.45) is 0 Å². The Hall–Kier alpha value is -3.83. The molecule has 9 nitrogen and oxygen atoms in total. The zero-order valence-corrected chi connectivity index (χ0v) is 19.9. The lowest BCUT2D eigenvalue weighted by Gasteiger charge is -2.13. The van der Waals surface area contributed by atoms with Gasteiger partial charge in [-0.15, -0.1) is 5.10 Å². The molecule has 2 aromatic heterocycles. The first kappa shape index (κ1) is 22.0. The molecule has 0 aliphatic heterocycles. The van der Waals surface area contributed by atoms with Gasteiger partial charge in [0, 0.05) is 0 Å². The highest BCUT2D eigenvalue weighted by Gasteiger charge is 2.22. The van der Waals surface area contributed by atoms with Crippen LogP contribution in [0.5, 0.6) is 0 Å². The summed E-state index contributed by atoms with van der Waals surface area (Å²) in [7, 11) is -3.91. The Morgan fingerprint density at radius 3 is 2.26 bits per heavy atom. The van der Waals surface area contributed by atoms with E-state index in [1.165, 1.54) is 0 Å². The average Bonchev–Trinajstić information content (AvgIpc) is 3.28. The zero-order chi connectivity index (χ0) is 23.7. The first-order valence-corrected chi connectivity index (χ1v) is 12.6. The van der Waals surface area contributed by atoms with Crippen molar-refractivity contribution < 1.29 is 8.42 Å². The molecule has 0 spiro atoms. The van der Waals surface area contributed by atoms with Gasteiger partial charge < -0.3 is 0 Å². The van der Waals surface area contributed by atoms with Crippen molar-refractivity contribution in [3.63, 3.8) is 0 Å². The van der Waals surface area contributed by atoms with Gasteiger partial charge in [-0.3, -0.25) is 4.72 Å². The zero-order valence-electron chi connectivity index (χ0n) is 18.2. The first-order chi connectivity index (χ1) is 16.4. The number of hydrogen-bond donors (Lipinski definition) is 1. The van der Waals surface area contributed by atoms with Crippen molar-refractivity contribution in [2.45, 2.75) is 28.9 Å². The Balaban J connectivity index is 1.58. The lowest BCUT2D eigenvalue weighted by atomic mass is 10.2. The van der Waals surface area contributed by atoms with Gasteiger partial charge in [0.25, 0.3) is 10.0 Å². The minimum absolute atomic E-state index is 0.102. The lowest BCUT2D eigenvalue weighted by molar-refractivity contribution is 0.600. The number of aryl methyl sites for hydroxylation is 2. The Morgan fingerprint density at radius 2 is 1.53 bits per heavy atom. The highest BCUT2D eigenvalue weighted by atomic mass is 32.2. The number of nitrogens with one attached hydrogen (secondary N) is 1. The quantitative estimate of drug-likeness (QED) is 0.378. The fourth-order valence-electron chi connectivity index (χ4n) is 3.34. The third kappa shape index (κ3) is 4.35.